The van der Waals surface area contributed by atoms with Gasteiger partial charge < -0.3 is 19.3 Å². The summed E-state index contributed by atoms with van der Waals surface area (Å²) in [5.74, 6) is 1.38. The number of nitrogens with zero attached hydrogens (tertiary/aromatic N) is 4. The molecule has 29 heavy (non-hydrogen) atoms. The molecule has 0 aliphatic carbocycles. The highest BCUT2D eigenvalue weighted by atomic mass is 32.1. The second-order valence-corrected chi connectivity index (χ2v) is 7.53. The van der Waals surface area contributed by atoms with Crippen LogP contribution in [0.15, 0.2) is 42.6 Å². The van der Waals surface area contributed by atoms with Crippen molar-refractivity contribution in [1.29, 1.82) is 0 Å². The van der Waals surface area contributed by atoms with Crippen LogP contribution in [0, 0.1) is 0 Å². The lowest BCUT2D eigenvalue weighted by molar-refractivity contribution is -0.126. The molecule has 150 valence electrons. The first-order chi connectivity index (χ1) is 14.2. The predicted octanol–water partition coefficient (Wildman–Crippen LogP) is 3.07. The fraction of sp³-hybridized carbons (Fsp3) is 0.286. The van der Waals surface area contributed by atoms with Crippen molar-refractivity contribution in [2.75, 3.05) is 45.3 Å². The van der Waals surface area contributed by atoms with Crippen molar-refractivity contribution in [1.82, 2.24) is 14.9 Å². The molecule has 0 unspecified atom stereocenters. The molecule has 0 atom stereocenters. The zero-order valence-corrected chi connectivity index (χ0v) is 17.2. The molecule has 8 heteroatoms. The fourth-order valence-electron chi connectivity index (χ4n) is 3.23. The Bertz CT molecular complexity index is 1010. The number of ether oxygens (including phenoxy) is 2. The SMILES string of the molecule is COc1ccc(/C=C/C(=O)N2CCN(c3nc4cccnc4s3)CC2)c(OC)c1. The standard InChI is InChI=1S/C21H22N4O3S/c1-27-16-7-5-15(18(14-16)28-2)6-8-19(26)24-10-12-25(13-11-24)21-23-17-4-3-9-22-20(17)29-21/h3-9,14H,10-13H2,1-2H3/b8-6+. The maximum Gasteiger partial charge on any atom is 0.246 e. The molecule has 1 aliphatic heterocycles. The fourth-order valence-corrected chi connectivity index (χ4v) is 4.19. The lowest BCUT2D eigenvalue weighted by Gasteiger charge is -2.34. The summed E-state index contributed by atoms with van der Waals surface area (Å²) in [7, 11) is 3.21. The number of fused-ring (bicyclic) bond motifs is 1. The first-order valence-electron chi connectivity index (χ1n) is 9.33. The Morgan fingerprint density at radius 1 is 1.14 bits per heavy atom. The minimum atomic E-state index is -0.00603. The molecule has 1 saturated heterocycles. The summed E-state index contributed by atoms with van der Waals surface area (Å²) in [5.41, 5.74) is 1.75. The lowest BCUT2D eigenvalue weighted by Crippen LogP contribution is -2.48. The summed E-state index contributed by atoms with van der Waals surface area (Å²) in [6.07, 6.45) is 5.17. The summed E-state index contributed by atoms with van der Waals surface area (Å²) in [4.78, 5) is 26.6. The smallest absolute Gasteiger partial charge is 0.246 e. The highest BCUT2D eigenvalue weighted by molar-refractivity contribution is 7.21. The van der Waals surface area contributed by atoms with Crippen LogP contribution in [0.25, 0.3) is 16.4 Å². The predicted molar refractivity (Wildman–Crippen MR) is 115 cm³/mol. The molecule has 1 fully saturated rings. The number of aromatic nitrogens is 2. The highest BCUT2D eigenvalue weighted by Gasteiger charge is 2.22. The van der Waals surface area contributed by atoms with Gasteiger partial charge in [0, 0.05) is 50.1 Å². The van der Waals surface area contributed by atoms with Gasteiger partial charge in [0.2, 0.25) is 5.91 Å². The molecule has 0 saturated carbocycles. The first kappa shape index (κ1) is 19.2. The Morgan fingerprint density at radius 2 is 1.97 bits per heavy atom. The molecule has 3 aromatic rings. The lowest BCUT2D eigenvalue weighted by atomic mass is 10.1. The number of piperazine rings is 1. The van der Waals surface area contributed by atoms with Crippen LogP contribution in [0.3, 0.4) is 0 Å². The Hall–Kier alpha value is -3.13. The Kier molecular flexibility index (Phi) is 5.62. The number of carbonyl (C=O) groups excluding carboxylic acids is 1. The second-order valence-electron chi connectivity index (χ2n) is 6.58. The third-order valence-electron chi connectivity index (χ3n) is 4.86. The van der Waals surface area contributed by atoms with Gasteiger partial charge in [-0.05, 0) is 30.3 Å². The molecule has 7 nitrogen and oxygen atoms in total. The molecule has 0 spiro atoms. The van der Waals surface area contributed by atoms with Crippen LogP contribution in [0.5, 0.6) is 11.5 Å². The minimum Gasteiger partial charge on any atom is -0.497 e. The summed E-state index contributed by atoms with van der Waals surface area (Å²) in [6.45, 7) is 2.83. The van der Waals surface area contributed by atoms with E-state index in [-0.39, 0.29) is 5.91 Å². The Labute approximate surface area is 173 Å². The largest absolute Gasteiger partial charge is 0.497 e. The van der Waals surface area contributed by atoms with Gasteiger partial charge in [-0.1, -0.05) is 11.3 Å². The number of thiazole rings is 1. The molecule has 1 aromatic carbocycles. The number of methoxy groups -OCH3 is 2. The molecule has 0 bridgehead atoms. The highest BCUT2D eigenvalue weighted by Crippen LogP contribution is 2.28. The van der Waals surface area contributed by atoms with Crippen LogP contribution >= 0.6 is 11.3 Å². The van der Waals surface area contributed by atoms with Gasteiger partial charge in [-0.3, -0.25) is 4.79 Å². The third kappa shape index (κ3) is 4.17. The van der Waals surface area contributed by atoms with Crippen LogP contribution in [-0.2, 0) is 4.79 Å². The van der Waals surface area contributed by atoms with Gasteiger partial charge in [0.1, 0.15) is 21.8 Å². The van der Waals surface area contributed by atoms with Gasteiger partial charge >= 0.3 is 0 Å². The van der Waals surface area contributed by atoms with Gasteiger partial charge in [-0.2, -0.15) is 0 Å². The normalized spacial score (nSPS) is 14.6. The summed E-state index contributed by atoms with van der Waals surface area (Å²) < 4.78 is 10.6. The van der Waals surface area contributed by atoms with Crippen LogP contribution in [0.4, 0.5) is 5.13 Å². The number of benzene rings is 1. The minimum absolute atomic E-state index is 0.00603. The molecule has 1 aliphatic rings. The monoisotopic (exact) mass is 410 g/mol. The quantitative estimate of drug-likeness (QED) is 0.602. The van der Waals surface area contributed by atoms with Crippen LogP contribution in [0.2, 0.25) is 0 Å². The van der Waals surface area contributed by atoms with Gasteiger partial charge in [0.05, 0.1) is 14.2 Å². The number of hydrogen-bond donors (Lipinski definition) is 0. The van der Waals surface area contributed by atoms with E-state index in [1.807, 2.05) is 29.2 Å². The Morgan fingerprint density at radius 3 is 2.69 bits per heavy atom. The summed E-state index contributed by atoms with van der Waals surface area (Å²) in [5, 5.41) is 0.962. The molecule has 4 rings (SSSR count). The average molecular weight is 410 g/mol. The van der Waals surface area contributed by atoms with Crippen molar-refractivity contribution >= 4 is 38.8 Å². The van der Waals surface area contributed by atoms with Gasteiger partial charge in [-0.25, -0.2) is 9.97 Å². The number of amides is 1. The van der Waals surface area contributed by atoms with E-state index in [1.54, 1.807) is 50.0 Å². The van der Waals surface area contributed by atoms with Crippen molar-refractivity contribution in [3.63, 3.8) is 0 Å². The van der Waals surface area contributed by atoms with Crippen molar-refractivity contribution in [2.45, 2.75) is 0 Å². The van der Waals surface area contributed by atoms with Crippen LogP contribution < -0.4 is 14.4 Å². The zero-order valence-electron chi connectivity index (χ0n) is 16.4. The number of anilines is 1. The molecule has 1 amide bonds. The average Bonchev–Trinajstić information content (AvgIpc) is 3.21. The first-order valence-corrected chi connectivity index (χ1v) is 10.1. The molecular weight excluding hydrogens is 388 g/mol. The van der Waals surface area contributed by atoms with E-state index in [9.17, 15) is 4.79 Å². The number of hydrogen-bond acceptors (Lipinski definition) is 7. The molecule has 2 aromatic heterocycles. The van der Waals surface area contributed by atoms with E-state index in [4.69, 9.17) is 9.47 Å². The van der Waals surface area contributed by atoms with Crippen molar-refractivity contribution < 1.29 is 14.3 Å². The van der Waals surface area contributed by atoms with Gasteiger partial charge in [-0.15, -0.1) is 0 Å². The molecule has 0 radical (unpaired) electrons. The Balaban J connectivity index is 1.38. The molecular formula is C21H22N4O3S. The van der Waals surface area contributed by atoms with Crippen molar-refractivity contribution in [3.8, 4) is 11.5 Å². The van der Waals surface area contributed by atoms with Crippen molar-refractivity contribution in [3.05, 3.63) is 48.2 Å². The van der Waals surface area contributed by atoms with E-state index in [1.165, 1.54) is 0 Å². The maximum absolute atomic E-state index is 12.6. The van der Waals surface area contributed by atoms with E-state index in [2.05, 4.69) is 14.9 Å². The zero-order chi connectivity index (χ0) is 20.2. The van der Waals surface area contributed by atoms with Crippen molar-refractivity contribution in [2.24, 2.45) is 0 Å². The van der Waals surface area contributed by atoms with Gasteiger partial charge in [0.25, 0.3) is 0 Å². The molecule has 3 heterocycles. The third-order valence-corrected chi connectivity index (χ3v) is 5.90. The second kappa shape index (κ2) is 8.48. The van der Waals surface area contributed by atoms with E-state index in [0.29, 0.717) is 24.6 Å². The van der Waals surface area contributed by atoms with E-state index >= 15 is 0 Å². The number of pyridine rings is 1. The van der Waals surface area contributed by atoms with Crippen LogP contribution in [-0.4, -0.2) is 61.2 Å². The van der Waals surface area contributed by atoms with E-state index < -0.39 is 0 Å². The topological polar surface area (TPSA) is 67.8 Å². The van der Waals surface area contributed by atoms with E-state index in [0.717, 1.165) is 34.1 Å². The maximum atomic E-state index is 12.6. The summed E-state index contributed by atoms with van der Waals surface area (Å²) in [6, 6.07) is 9.39. The van der Waals surface area contributed by atoms with Gasteiger partial charge in [0.15, 0.2) is 5.13 Å². The van der Waals surface area contributed by atoms with Crippen LogP contribution in [0.1, 0.15) is 5.56 Å². The number of carbonyl (C=O) groups is 1. The summed E-state index contributed by atoms with van der Waals surface area (Å²) >= 11 is 1.59. The number of rotatable bonds is 5. The molecule has 0 N–H and O–H groups in total.